The second-order valence-corrected chi connectivity index (χ2v) is 8.42. The number of carbonyl (C=O) groups excluding carboxylic acids is 1. The van der Waals surface area contributed by atoms with Crippen LogP contribution in [0.25, 0.3) is 0 Å². The molecule has 0 bridgehead atoms. The molecule has 0 aliphatic carbocycles. The van der Waals surface area contributed by atoms with Crippen molar-refractivity contribution in [2.75, 3.05) is 6.61 Å². The predicted molar refractivity (Wildman–Crippen MR) is 224 cm³/mol. The van der Waals surface area contributed by atoms with Crippen LogP contribution in [0.1, 0.15) is 13.8 Å². The van der Waals surface area contributed by atoms with E-state index >= 15 is 0 Å². The third-order valence-electron chi connectivity index (χ3n) is 0.348. The maximum absolute atomic E-state index is 9.82. The van der Waals surface area contributed by atoms with E-state index in [2.05, 4.69) is 249 Å². The molecule has 0 atom stereocenters. The number of rotatable bonds is 1. The highest BCUT2D eigenvalue weighted by Gasteiger charge is 1.81. The number of thiocarbonyl (C=S) groups is 20. The van der Waals surface area contributed by atoms with Crippen molar-refractivity contribution in [1.82, 2.24) is 0 Å². The van der Waals surface area contributed by atoms with Crippen molar-refractivity contribution in [3.63, 3.8) is 0 Å². The molecule has 22 heteroatoms. The van der Waals surface area contributed by atoms with E-state index in [4.69, 9.17) is 0 Å². The Bertz CT molecular complexity index is 569. The summed E-state index contributed by atoms with van der Waals surface area (Å²) in [7, 11) is 0. The van der Waals surface area contributed by atoms with Crippen LogP contribution in [-0.2, 0) is 9.53 Å². The first kappa shape index (κ1) is 71.2. The Hall–Kier alpha value is 1.67. The maximum Gasteiger partial charge on any atom is 0.302 e. The van der Waals surface area contributed by atoms with Gasteiger partial charge in [-0.1, -0.05) is 0 Å². The molecule has 0 aliphatic heterocycles. The van der Waals surface area contributed by atoms with Crippen LogP contribution >= 0.6 is 244 Å². The van der Waals surface area contributed by atoms with Gasteiger partial charge in [0.1, 0.15) is 0 Å². The lowest BCUT2D eigenvalue weighted by atomic mass is 10.8. The fourth-order valence-corrected chi connectivity index (χ4v) is 0.203. The highest BCUT2D eigenvalue weighted by molar-refractivity contribution is 7.96. The van der Waals surface area contributed by atoms with Crippen molar-refractivity contribution in [3.8, 4) is 0 Å². The first-order chi connectivity index (χ1) is 16.9. The van der Waals surface area contributed by atoms with Crippen molar-refractivity contribution in [3.05, 3.63) is 0 Å². The number of hydrogen-bond donors (Lipinski definition) is 0. The molecule has 196 valence electrons. The van der Waals surface area contributed by atoms with Gasteiger partial charge in [0.25, 0.3) is 0 Å². The lowest BCUT2D eigenvalue weighted by Crippen LogP contribution is -1.95. The summed E-state index contributed by atoms with van der Waals surface area (Å²) < 4.78 is 23.6. The standard InChI is InChI=1S/C4H8O2.10CS2/c1-3-6-4(2)5;10*2-1-3/h3H2,1-2H3;;;;;;;;;;. The Labute approximate surface area is 318 Å². The zero-order valence-corrected chi connectivity index (χ0v) is 33.5. The van der Waals surface area contributed by atoms with Crippen LogP contribution in [0.4, 0.5) is 0 Å². The first-order valence-corrected chi connectivity index (χ1v) is 14.2. The molecule has 0 heterocycles. The van der Waals surface area contributed by atoms with Gasteiger partial charge in [-0.3, -0.25) is 4.79 Å². The van der Waals surface area contributed by atoms with E-state index in [9.17, 15) is 4.79 Å². The average Bonchev–Trinajstić information content (AvgIpc) is 2.74. The normalized spacial score (nSPS) is 3.50. The summed E-state index contributed by atoms with van der Waals surface area (Å²) in [4.78, 5) is 9.82. The molecule has 0 radical (unpaired) electrons. The van der Waals surface area contributed by atoms with E-state index in [1.54, 1.807) is 6.92 Å². The monoisotopic (exact) mass is 847 g/mol. The minimum Gasteiger partial charge on any atom is -0.466 e. The summed E-state index contributed by atoms with van der Waals surface area (Å²) in [5, 5.41) is 0. The van der Waals surface area contributed by atoms with Crippen LogP contribution in [0.15, 0.2) is 0 Å². The topological polar surface area (TPSA) is 26.3 Å². The van der Waals surface area contributed by atoms with Gasteiger partial charge in [-0.25, -0.2) is 0 Å². The van der Waals surface area contributed by atoms with Gasteiger partial charge in [-0.15, -0.1) is 0 Å². The molecule has 2 nitrogen and oxygen atoms in total. The van der Waals surface area contributed by atoms with Gasteiger partial charge >= 0.3 is 5.97 Å². The van der Waals surface area contributed by atoms with Gasteiger partial charge in [0.2, 0.25) is 0 Å². The van der Waals surface area contributed by atoms with E-state index in [-0.39, 0.29) is 5.97 Å². The second-order valence-electron chi connectivity index (χ2n) is 1.76. The molecule has 0 spiro atoms. The molecule has 0 aromatic heterocycles. The molecule has 0 unspecified atom stereocenters. The van der Waals surface area contributed by atoms with E-state index in [0.717, 1.165) is 0 Å². The molecule has 0 N–H and O–H groups in total. The summed E-state index contributed by atoms with van der Waals surface area (Å²) in [5.74, 6) is -0.211. The Morgan fingerprint density at radius 2 is 0.500 bits per heavy atom. The van der Waals surface area contributed by atoms with Crippen molar-refractivity contribution < 1.29 is 9.53 Å². The maximum atomic E-state index is 9.82. The molecular formula is C14H8O2S20. The van der Waals surface area contributed by atoms with Crippen LogP contribution in [0.3, 0.4) is 0 Å². The zero-order chi connectivity index (χ0) is 32.1. The molecule has 0 saturated carbocycles. The summed E-state index contributed by atoms with van der Waals surface area (Å²) in [5.41, 5.74) is 0. The fourth-order valence-electron chi connectivity index (χ4n) is 0.203. The Kier molecular flexibility index (Phi) is 332. The lowest BCUT2D eigenvalue weighted by Gasteiger charge is -1.89. The summed E-state index contributed by atoms with van der Waals surface area (Å²) in [6, 6.07) is 0. The van der Waals surface area contributed by atoms with E-state index in [1.165, 1.54) is 6.92 Å². The number of carbonyl (C=O) groups is 1. The van der Waals surface area contributed by atoms with Gasteiger partial charge in [0.15, 0.2) is 0 Å². The summed E-state index contributed by atoms with van der Waals surface area (Å²) in [6.07, 6.45) is 0. The van der Waals surface area contributed by atoms with Crippen molar-refractivity contribution >= 4 is 293 Å². The van der Waals surface area contributed by atoms with E-state index < -0.39 is 0 Å². The van der Waals surface area contributed by atoms with Crippen LogP contribution < -0.4 is 0 Å². The molecule has 0 fully saturated rings. The van der Waals surface area contributed by atoms with Crippen molar-refractivity contribution in [2.24, 2.45) is 0 Å². The van der Waals surface area contributed by atoms with Crippen molar-refractivity contribution in [2.45, 2.75) is 13.8 Å². The van der Waals surface area contributed by atoms with E-state index in [0.29, 0.717) is 6.61 Å². The smallest absolute Gasteiger partial charge is 0.302 e. The SMILES string of the molecule is CCOC(C)=O.S=C=S.S=C=S.S=C=S.S=C=S.S=C=S.S=C=S.S=C=S.S=C=S.S=C=S.S=C=S. The average molecular weight is 850 g/mol. The Morgan fingerprint density at radius 3 is 0.500 bits per heavy atom. The Balaban J connectivity index is -0.0000000215. The molecule has 36 heavy (non-hydrogen) atoms. The molecular weight excluding hydrogens is 841 g/mol. The number of ether oxygens (including phenoxy) is 1. The molecule has 0 saturated heterocycles. The molecule has 0 aromatic carbocycles. The minimum atomic E-state index is -0.211. The largest absolute Gasteiger partial charge is 0.466 e. The van der Waals surface area contributed by atoms with Crippen LogP contribution in [0.5, 0.6) is 0 Å². The third kappa shape index (κ3) is 1970. The Morgan fingerprint density at radius 1 is 0.417 bits per heavy atom. The van der Waals surface area contributed by atoms with Gasteiger partial charge in [0.05, 0.1) is 6.61 Å². The summed E-state index contributed by atoms with van der Waals surface area (Å²) in [6.45, 7) is 3.65. The van der Waals surface area contributed by atoms with E-state index in [1.807, 2.05) is 43.1 Å². The van der Waals surface area contributed by atoms with Crippen LogP contribution in [0, 0.1) is 0 Å². The summed E-state index contributed by atoms with van der Waals surface area (Å²) >= 11 is 79.2. The lowest BCUT2D eigenvalue weighted by molar-refractivity contribution is -0.140. The highest BCUT2D eigenvalue weighted by atomic mass is 32.1. The van der Waals surface area contributed by atoms with Crippen LogP contribution in [0.2, 0.25) is 0 Å². The van der Waals surface area contributed by atoms with Gasteiger partial charge in [-0.05, 0) is 251 Å². The zero-order valence-electron chi connectivity index (χ0n) is 17.2. The molecule has 0 rings (SSSR count). The quantitative estimate of drug-likeness (QED) is 0.185. The molecule has 0 amide bonds. The molecule has 0 aromatic rings. The van der Waals surface area contributed by atoms with Crippen molar-refractivity contribution in [1.29, 1.82) is 0 Å². The number of hydrogen-bond acceptors (Lipinski definition) is 22. The third-order valence-corrected chi connectivity index (χ3v) is 0.348. The van der Waals surface area contributed by atoms with Gasteiger partial charge in [-0.2, -0.15) is 0 Å². The van der Waals surface area contributed by atoms with Gasteiger partial charge in [0, 0.05) is 50.1 Å². The minimum absolute atomic E-state index is 0.211. The second kappa shape index (κ2) is 168. The molecule has 0 aliphatic rings. The number of esters is 1. The van der Waals surface area contributed by atoms with Crippen LogP contribution in [-0.4, -0.2) is 55.7 Å². The predicted octanol–water partition coefficient (Wildman–Crippen LogP) is 10.8. The first-order valence-electron chi connectivity index (χ1n) is 5.99. The fraction of sp³-hybridized carbons (Fsp3) is 0.214. The van der Waals surface area contributed by atoms with Gasteiger partial charge < -0.3 is 4.74 Å². The highest BCUT2D eigenvalue weighted by Crippen LogP contribution is 1.69.